The number of amides is 1. The normalized spacial score (nSPS) is 9.94. The molecule has 7 heteroatoms. The summed E-state index contributed by atoms with van der Waals surface area (Å²) in [7, 11) is 3.31. The van der Waals surface area contributed by atoms with Gasteiger partial charge in [0.25, 0.3) is 5.69 Å². The second-order valence-corrected chi connectivity index (χ2v) is 4.32. The van der Waals surface area contributed by atoms with E-state index in [-0.39, 0.29) is 18.0 Å². The number of nitrogens with zero attached hydrogens (tertiary/aromatic N) is 2. The minimum Gasteiger partial charge on any atom is -0.379 e. The molecular formula is C11H14ClN3O3. The molecule has 1 amide bonds. The number of nitro benzene ring substituents is 1. The van der Waals surface area contributed by atoms with Gasteiger partial charge in [0.15, 0.2) is 0 Å². The molecule has 1 rings (SSSR count). The van der Waals surface area contributed by atoms with Gasteiger partial charge in [0.2, 0.25) is 5.91 Å². The summed E-state index contributed by atoms with van der Waals surface area (Å²) < 4.78 is 0. The van der Waals surface area contributed by atoms with Crippen LogP contribution in [0.5, 0.6) is 0 Å². The van der Waals surface area contributed by atoms with E-state index in [1.165, 1.54) is 23.1 Å². The lowest BCUT2D eigenvalue weighted by molar-refractivity contribution is -0.384. The van der Waals surface area contributed by atoms with Crippen molar-refractivity contribution in [3.05, 3.63) is 33.3 Å². The summed E-state index contributed by atoms with van der Waals surface area (Å²) in [4.78, 5) is 23.1. The zero-order valence-corrected chi connectivity index (χ0v) is 10.9. The number of rotatable bonds is 5. The molecule has 1 aromatic rings. The number of carbonyl (C=O) groups excluding carboxylic acids is 1. The number of benzene rings is 1. The van der Waals surface area contributed by atoms with E-state index in [9.17, 15) is 14.9 Å². The zero-order chi connectivity index (χ0) is 13.7. The van der Waals surface area contributed by atoms with E-state index in [0.717, 1.165) is 0 Å². The molecule has 0 aliphatic carbocycles. The van der Waals surface area contributed by atoms with Crippen LogP contribution >= 0.6 is 11.6 Å². The maximum Gasteiger partial charge on any atom is 0.292 e. The molecule has 0 saturated heterocycles. The smallest absolute Gasteiger partial charge is 0.292 e. The Morgan fingerprint density at radius 1 is 1.50 bits per heavy atom. The predicted octanol–water partition coefficient (Wildman–Crippen LogP) is 2.14. The summed E-state index contributed by atoms with van der Waals surface area (Å²) in [5, 5.41) is 14.0. The average Bonchev–Trinajstić information content (AvgIpc) is 2.28. The molecular weight excluding hydrogens is 258 g/mol. The minimum atomic E-state index is -0.494. The van der Waals surface area contributed by atoms with Crippen molar-refractivity contribution in [3.8, 4) is 0 Å². The van der Waals surface area contributed by atoms with Crippen LogP contribution in [-0.4, -0.2) is 36.4 Å². The van der Waals surface area contributed by atoms with E-state index in [4.69, 9.17) is 11.6 Å². The van der Waals surface area contributed by atoms with Crippen molar-refractivity contribution in [2.75, 3.05) is 26.0 Å². The zero-order valence-electron chi connectivity index (χ0n) is 10.1. The number of anilines is 1. The molecule has 0 radical (unpaired) electrons. The summed E-state index contributed by atoms with van der Waals surface area (Å²) in [6, 6.07) is 4.26. The summed E-state index contributed by atoms with van der Waals surface area (Å²) >= 11 is 5.78. The number of halogens is 1. The van der Waals surface area contributed by atoms with Gasteiger partial charge in [-0.1, -0.05) is 11.6 Å². The van der Waals surface area contributed by atoms with E-state index in [0.29, 0.717) is 17.3 Å². The monoisotopic (exact) mass is 271 g/mol. The van der Waals surface area contributed by atoms with Crippen LogP contribution in [0.3, 0.4) is 0 Å². The van der Waals surface area contributed by atoms with Crippen molar-refractivity contribution in [2.45, 2.75) is 6.42 Å². The Morgan fingerprint density at radius 3 is 2.72 bits per heavy atom. The lowest BCUT2D eigenvalue weighted by atomic mass is 10.2. The fourth-order valence-corrected chi connectivity index (χ4v) is 1.51. The van der Waals surface area contributed by atoms with Gasteiger partial charge in [-0.25, -0.2) is 0 Å². The maximum absolute atomic E-state index is 11.3. The van der Waals surface area contributed by atoms with Crippen molar-refractivity contribution in [1.29, 1.82) is 0 Å². The second kappa shape index (κ2) is 6.20. The number of carbonyl (C=O) groups is 1. The van der Waals surface area contributed by atoms with Crippen molar-refractivity contribution in [1.82, 2.24) is 4.90 Å². The van der Waals surface area contributed by atoms with Crippen LogP contribution in [0.25, 0.3) is 0 Å². The van der Waals surface area contributed by atoms with Crippen LogP contribution in [0.1, 0.15) is 6.42 Å². The Hall–Kier alpha value is -1.82. The van der Waals surface area contributed by atoms with Crippen LogP contribution in [0, 0.1) is 10.1 Å². The molecule has 1 N–H and O–H groups in total. The fourth-order valence-electron chi connectivity index (χ4n) is 1.34. The van der Waals surface area contributed by atoms with Gasteiger partial charge in [0.05, 0.1) is 4.92 Å². The van der Waals surface area contributed by atoms with Gasteiger partial charge in [-0.15, -0.1) is 0 Å². The Kier molecular flexibility index (Phi) is 4.91. The summed E-state index contributed by atoms with van der Waals surface area (Å²) in [5.74, 6) is -0.0489. The van der Waals surface area contributed by atoms with Crippen LogP contribution in [0.2, 0.25) is 5.02 Å². The third kappa shape index (κ3) is 3.89. The average molecular weight is 272 g/mol. The molecule has 0 aromatic heterocycles. The van der Waals surface area contributed by atoms with Gasteiger partial charge < -0.3 is 10.2 Å². The molecule has 0 unspecified atom stereocenters. The van der Waals surface area contributed by atoms with Crippen LogP contribution < -0.4 is 5.32 Å². The highest BCUT2D eigenvalue weighted by atomic mass is 35.5. The molecule has 0 spiro atoms. The highest BCUT2D eigenvalue weighted by molar-refractivity contribution is 6.31. The first kappa shape index (κ1) is 14.2. The highest BCUT2D eigenvalue weighted by Crippen LogP contribution is 2.27. The van der Waals surface area contributed by atoms with Crippen molar-refractivity contribution >= 4 is 28.9 Å². The number of nitrogens with one attached hydrogen (secondary N) is 1. The lowest BCUT2D eigenvalue weighted by Gasteiger charge is -2.11. The molecule has 0 saturated carbocycles. The Bertz CT molecular complexity index is 463. The van der Waals surface area contributed by atoms with E-state index >= 15 is 0 Å². The molecule has 0 bridgehead atoms. The highest BCUT2D eigenvalue weighted by Gasteiger charge is 2.14. The minimum absolute atomic E-state index is 0.0489. The number of hydrogen-bond acceptors (Lipinski definition) is 4. The SMILES string of the molecule is CN(C)C(=O)CCNc1cc(Cl)ccc1[N+](=O)[O-]. The Balaban J connectivity index is 2.69. The summed E-state index contributed by atoms with van der Waals surface area (Å²) in [6.45, 7) is 0.318. The van der Waals surface area contributed by atoms with Crippen LogP contribution in [0.15, 0.2) is 18.2 Å². The topological polar surface area (TPSA) is 75.5 Å². The van der Waals surface area contributed by atoms with Gasteiger partial charge in [-0.05, 0) is 12.1 Å². The largest absolute Gasteiger partial charge is 0.379 e. The fraction of sp³-hybridized carbons (Fsp3) is 0.364. The van der Waals surface area contributed by atoms with E-state index < -0.39 is 4.92 Å². The lowest BCUT2D eigenvalue weighted by Crippen LogP contribution is -2.24. The third-order valence-corrected chi connectivity index (χ3v) is 2.54. The van der Waals surface area contributed by atoms with E-state index in [2.05, 4.69) is 5.32 Å². The van der Waals surface area contributed by atoms with Gasteiger partial charge >= 0.3 is 0 Å². The second-order valence-electron chi connectivity index (χ2n) is 3.88. The molecule has 0 aliphatic rings. The van der Waals surface area contributed by atoms with Gasteiger partial charge in [0.1, 0.15) is 5.69 Å². The Morgan fingerprint density at radius 2 is 2.17 bits per heavy atom. The van der Waals surface area contributed by atoms with Crippen molar-refractivity contribution in [3.63, 3.8) is 0 Å². The molecule has 18 heavy (non-hydrogen) atoms. The molecule has 0 aliphatic heterocycles. The van der Waals surface area contributed by atoms with Crippen LogP contribution in [-0.2, 0) is 4.79 Å². The van der Waals surface area contributed by atoms with Crippen molar-refractivity contribution in [2.24, 2.45) is 0 Å². The summed E-state index contributed by atoms with van der Waals surface area (Å²) in [5.41, 5.74) is 0.260. The first-order chi connectivity index (χ1) is 8.41. The van der Waals surface area contributed by atoms with E-state index in [1.54, 1.807) is 14.1 Å². The third-order valence-electron chi connectivity index (χ3n) is 2.31. The van der Waals surface area contributed by atoms with E-state index in [1.807, 2.05) is 0 Å². The predicted molar refractivity (Wildman–Crippen MR) is 69.9 cm³/mol. The molecule has 0 fully saturated rings. The standard InChI is InChI=1S/C11H14ClN3O3/c1-14(2)11(16)5-6-13-9-7-8(12)3-4-10(9)15(17)18/h3-4,7,13H,5-6H2,1-2H3. The molecule has 1 aromatic carbocycles. The first-order valence-corrected chi connectivity index (χ1v) is 5.67. The first-order valence-electron chi connectivity index (χ1n) is 5.30. The molecule has 0 atom stereocenters. The van der Waals surface area contributed by atoms with Crippen LogP contribution in [0.4, 0.5) is 11.4 Å². The molecule has 0 heterocycles. The molecule has 6 nitrogen and oxygen atoms in total. The van der Waals surface area contributed by atoms with Gasteiger partial charge in [-0.3, -0.25) is 14.9 Å². The number of nitro groups is 1. The maximum atomic E-state index is 11.3. The quantitative estimate of drug-likeness (QED) is 0.658. The Labute approximate surface area is 110 Å². The molecule has 98 valence electrons. The summed E-state index contributed by atoms with van der Waals surface area (Å²) in [6.07, 6.45) is 0.261. The van der Waals surface area contributed by atoms with Gasteiger partial charge in [-0.2, -0.15) is 0 Å². The van der Waals surface area contributed by atoms with Gasteiger partial charge in [0, 0.05) is 38.1 Å². The van der Waals surface area contributed by atoms with Crippen molar-refractivity contribution < 1.29 is 9.72 Å². The number of hydrogen-bond donors (Lipinski definition) is 1.